The van der Waals surface area contributed by atoms with E-state index in [4.69, 9.17) is 5.73 Å². The minimum Gasteiger partial charge on any atom is -0.371 e. The van der Waals surface area contributed by atoms with Crippen molar-refractivity contribution in [1.29, 1.82) is 0 Å². The number of anilines is 1. The van der Waals surface area contributed by atoms with E-state index in [-0.39, 0.29) is 0 Å². The van der Waals surface area contributed by atoms with Crippen molar-refractivity contribution in [3.63, 3.8) is 0 Å². The van der Waals surface area contributed by atoms with Crippen LogP contribution in [0, 0.1) is 0 Å². The first-order valence-corrected chi connectivity index (χ1v) is 6.73. The lowest BCUT2D eigenvalue weighted by Gasteiger charge is -2.27. The van der Waals surface area contributed by atoms with Crippen LogP contribution in [0.15, 0.2) is 22.7 Å². The largest absolute Gasteiger partial charge is 0.371 e. The Hall–Kier alpha value is -0.540. The van der Waals surface area contributed by atoms with Crippen LogP contribution < -0.4 is 10.6 Å². The first kappa shape index (κ1) is 11.9. The van der Waals surface area contributed by atoms with Crippen LogP contribution in [-0.2, 0) is 6.54 Å². The summed E-state index contributed by atoms with van der Waals surface area (Å²) in [6.07, 6.45) is 5.38. The molecule has 1 fully saturated rings. The summed E-state index contributed by atoms with van der Waals surface area (Å²) in [6.45, 7) is 0.603. The highest BCUT2D eigenvalue weighted by Crippen LogP contribution is 2.32. The van der Waals surface area contributed by atoms with Gasteiger partial charge in [0.1, 0.15) is 0 Å². The van der Waals surface area contributed by atoms with E-state index in [2.05, 4.69) is 46.1 Å². The minimum absolute atomic E-state index is 0.603. The van der Waals surface area contributed by atoms with Gasteiger partial charge in [-0.05, 0) is 46.5 Å². The summed E-state index contributed by atoms with van der Waals surface area (Å²) in [4.78, 5) is 2.40. The maximum absolute atomic E-state index is 5.63. The number of hydrogen-bond donors (Lipinski definition) is 1. The second-order valence-electron chi connectivity index (χ2n) is 4.54. The molecule has 1 aliphatic carbocycles. The molecule has 0 heterocycles. The zero-order valence-corrected chi connectivity index (χ0v) is 11.3. The van der Waals surface area contributed by atoms with Crippen molar-refractivity contribution in [3.05, 3.63) is 28.2 Å². The van der Waals surface area contributed by atoms with Crippen LogP contribution in [-0.4, -0.2) is 13.1 Å². The third kappa shape index (κ3) is 2.41. The molecule has 2 N–H and O–H groups in total. The average Bonchev–Trinajstić information content (AvgIpc) is 2.81. The summed E-state index contributed by atoms with van der Waals surface area (Å²) >= 11 is 3.64. The van der Waals surface area contributed by atoms with Crippen LogP contribution >= 0.6 is 15.9 Å². The third-order valence-electron chi connectivity index (χ3n) is 3.50. The molecule has 1 aromatic carbocycles. The molecule has 1 saturated carbocycles. The topological polar surface area (TPSA) is 29.3 Å². The van der Waals surface area contributed by atoms with Gasteiger partial charge in [-0.3, -0.25) is 0 Å². The van der Waals surface area contributed by atoms with Crippen LogP contribution in [0.2, 0.25) is 0 Å². The third-order valence-corrected chi connectivity index (χ3v) is 4.14. The van der Waals surface area contributed by atoms with E-state index in [9.17, 15) is 0 Å². The Balaban J connectivity index is 2.19. The molecule has 88 valence electrons. The van der Waals surface area contributed by atoms with Crippen molar-refractivity contribution in [2.45, 2.75) is 38.3 Å². The fourth-order valence-corrected chi connectivity index (χ4v) is 3.16. The molecule has 0 unspecified atom stereocenters. The van der Waals surface area contributed by atoms with Gasteiger partial charge in [-0.1, -0.05) is 18.9 Å². The van der Waals surface area contributed by atoms with Gasteiger partial charge in [0.05, 0.1) is 5.69 Å². The fourth-order valence-electron chi connectivity index (χ4n) is 2.45. The Labute approximate surface area is 106 Å². The molecule has 0 amide bonds. The van der Waals surface area contributed by atoms with Crippen molar-refractivity contribution in [3.8, 4) is 0 Å². The summed E-state index contributed by atoms with van der Waals surface area (Å²) in [7, 11) is 2.19. The molecule has 0 saturated heterocycles. The predicted octanol–water partition coefficient (Wildman–Crippen LogP) is 3.29. The monoisotopic (exact) mass is 282 g/mol. The summed E-state index contributed by atoms with van der Waals surface area (Å²) in [5.41, 5.74) is 8.09. The summed E-state index contributed by atoms with van der Waals surface area (Å²) < 4.78 is 1.16. The molecule has 16 heavy (non-hydrogen) atoms. The van der Waals surface area contributed by atoms with Crippen LogP contribution in [0.1, 0.15) is 31.2 Å². The van der Waals surface area contributed by atoms with Gasteiger partial charge in [-0.2, -0.15) is 0 Å². The Kier molecular flexibility index (Phi) is 3.87. The SMILES string of the molecule is CN(c1ccc(CN)cc1Br)C1CCCC1. The van der Waals surface area contributed by atoms with Crippen molar-refractivity contribution in [1.82, 2.24) is 0 Å². The zero-order valence-electron chi connectivity index (χ0n) is 9.75. The Bertz CT molecular complexity index is 359. The highest BCUT2D eigenvalue weighted by molar-refractivity contribution is 9.10. The average molecular weight is 283 g/mol. The lowest BCUT2D eigenvalue weighted by atomic mass is 10.1. The quantitative estimate of drug-likeness (QED) is 0.922. The van der Waals surface area contributed by atoms with Gasteiger partial charge in [0, 0.05) is 24.1 Å². The summed E-state index contributed by atoms with van der Waals surface area (Å²) in [5, 5.41) is 0. The molecule has 1 aromatic rings. The standard InChI is InChI=1S/C13H19BrN2/c1-16(11-4-2-3-5-11)13-7-6-10(9-15)8-12(13)14/h6-8,11H,2-5,9,15H2,1H3. The number of benzene rings is 1. The van der Waals surface area contributed by atoms with Gasteiger partial charge in [0.15, 0.2) is 0 Å². The van der Waals surface area contributed by atoms with Crippen molar-refractivity contribution >= 4 is 21.6 Å². The molecule has 0 aliphatic heterocycles. The van der Waals surface area contributed by atoms with Gasteiger partial charge in [-0.25, -0.2) is 0 Å². The molecular weight excluding hydrogens is 264 g/mol. The number of halogens is 1. The molecule has 0 aromatic heterocycles. The van der Waals surface area contributed by atoms with Crippen molar-refractivity contribution < 1.29 is 0 Å². The molecule has 2 rings (SSSR count). The fraction of sp³-hybridized carbons (Fsp3) is 0.538. The van der Waals surface area contributed by atoms with Crippen molar-refractivity contribution in [2.75, 3.05) is 11.9 Å². The molecule has 0 bridgehead atoms. The highest BCUT2D eigenvalue weighted by atomic mass is 79.9. The lowest BCUT2D eigenvalue weighted by molar-refractivity contribution is 0.652. The van der Waals surface area contributed by atoms with Crippen LogP contribution in [0.5, 0.6) is 0 Å². The molecule has 0 radical (unpaired) electrons. The minimum atomic E-state index is 0.603. The van der Waals surface area contributed by atoms with Crippen LogP contribution in [0.4, 0.5) is 5.69 Å². The highest BCUT2D eigenvalue weighted by Gasteiger charge is 2.20. The van der Waals surface area contributed by atoms with Gasteiger partial charge >= 0.3 is 0 Å². The molecule has 0 spiro atoms. The lowest BCUT2D eigenvalue weighted by Crippen LogP contribution is -2.29. The zero-order chi connectivity index (χ0) is 11.5. The molecule has 3 heteroatoms. The Morgan fingerprint density at radius 2 is 2.06 bits per heavy atom. The van der Waals surface area contributed by atoms with E-state index in [1.54, 1.807) is 0 Å². The van der Waals surface area contributed by atoms with Crippen molar-refractivity contribution in [2.24, 2.45) is 5.73 Å². The normalized spacial score (nSPS) is 16.7. The van der Waals surface area contributed by atoms with E-state index >= 15 is 0 Å². The molecule has 1 aliphatic rings. The Morgan fingerprint density at radius 3 is 2.62 bits per heavy atom. The molecule has 2 nitrogen and oxygen atoms in total. The summed E-state index contributed by atoms with van der Waals surface area (Å²) in [5.74, 6) is 0. The van der Waals surface area contributed by atoms with Gasteiger partial charge < -0.3 is 10.6 Å². The van der Waals surface area contributed by atoms with E-state index in [0.717, 1.165) is 4.47 Å². The number of nitrogens with zero attached hydrogens (tertiary/aromatic N) is 1. The first-order valence-electron chi connectivity index (χ1n) is 5.93. The van der Waals surface area contributed by atoms with E-state index in [0.29, 0.717) is 12.6 Å². The van der Waals surface area contributed by atoms with Gasteiger partial charge in [0.2, 0.25) is 0 Å². The van der Waals surface area contributed by atoms with Crippen LogP contribution in [0.3, 0.4) is 0 Å². The molecule has 0 atom stereocenters. The Morgan fingerprint density at radius 1 is 1.38 bits per heavy atom. The van der Waals surface area contributed by atoms with Gasteiger partial charge in [-0.15, -0.1) is 0 Å². The molecular formula is C13H19BrN2. The number of nitrogens with two attached hydrogens (primary N) is 1. The number of rotatable bonds is 3. The van der Waals surface area contributed by atoms with E-state index < -0.39 is 0 Å². The second kappa shape index (κ2) is 5.19. The number of hydrogen-bond acceptors (Lipinski definition) is 2. The predicted molar refractivity (Wildman–Crippen MR) is 72.7 cm³/mol. The van der Waals surface area contributed by atoms with E-state index in [1.807, 2.05) is 0 Å². The smallest absolute Gasteiger partial charge is 0.0510 e. The van der Waals surface area contributed by atoms with Gasteiger partial charge in [0.25, 0.3) is 0 Å². The maximum Gasteiger partial charge on any atom is 0.0510 e. The van der Waals surface area contributed by atoms with E-state index in [1.165, 1.54) is 36.9 Å². The summed E-state index contributed by atoms with van der Waals surface area (Å²) in [6, 6.07) is 7.12. The first-order chi connectivity index (χ1) is 7.72. The van der Waals surface area contributed by atoms with Crippen LogP contribution in [0.25, 0.3) is 0 Å². The maximum atomic E-state index is 5.63. The second-order valence-corrected chi connectivity index (χ2v) is 5.39.